The van der Waals surface area contributed by atoms with E-state index in [0.717, 1.165) is 29.5 Å². The molecule has 6 N–H and O–H groups in total. The van der Waals surface area contributed by atoms with E-state index in [0.29, 0.717) is 13.1 Å². The lowest BCUT2D eigenvalue weighted by atomic mass is 10.0. The number of hydrogen-bond acceptors (Lipinski definition) is 13. The van der Waals surface area contributed by atoms with E-state index in [2.05, 4.69) is 35.1 Å². The summed E-state index contributed by atoms with van der Waals surface area (Å²) in [6.45, 7) is 1.46. The molecule has 38 heavy (non-hydrogen) atoms. The molecule has 4 rings (SSSR count). The number of carbonyl (C=O) groups excluding carboxylic acids is 2. The fourth-order valence-electron chi connectivity index (χ4n) is 3.85. The van der Waals surface area contributed by atoms with Crippen LogP contribution in [0.4, 0.5) is 9.52 Å². The Morgan fingerprint density at radius 3 is 2.82 bits per heavy atom. The first kappa shape index (κ1) is 27.2. The van der Waals surface area contributed by atoms with Crippen molar-refractivity contribution < 1.29 is 28.7 Å². The third-order valence-electron chi connectivity index (χ3n) is 5.67. The summed E-state index contributed by atoms with van der Waals surface area (Å²) >= 11 is 2.00. The van der Waals surface area contributed by atoms with Crippen molar-refractivity contribution in [3.63, 3.8) is 0 Å². The number of nitrogen functional groups attached to an aromatic ring is 1. The molecule has 2 saturated heterocycles. The van der Waals surface area contributed by atoms with Gasteiger partial charge in [0.1, 0.15) is 17.1 Å². The molecule has 1 aromatic rings. The Bertz CT molecular complexity index is 1220. The minimum atomic E-state index is -1.34. The van der Waals surface area contributed by atoms with Crippen LogP contribution in [0.1, 0.15) is 5.82 Å². The highest BCUT2D eigenvalue weighted by atomic mass is 32.2. The highest BCUT2D eigenvalue weighted by Gasteiger charge is 2.54. The van der Waals surface area contributed by atoms with Gasteiger partial charge in [0.05, 0.1) is 6.21 Å². The van der Waals surface area contributed by atoms with Crippen molar-refractivity contribution in [3.8, 4) is 0 Å². The molecule has 204 valence electrons. The van der Waals surface area contributed by atoms with E-state index in [1.165, 1.54) is 23.0 Å². The van der Waals surface area contributed by atoms with Crippen LogP contribution in [0, 0.1) is 5.41 Å². The summed E-state index contributed by atoms with van der Waals surface area (Å²) in [6, 6.07) is -1.09. The summed E-state index contributed by atoms with van der Waals surface area (Å²) in [7, 11) is 1.58. The molecule has 3 aliphatic rings. The number of carboxylic acid groups (broad SMARTS) is 1. The number of nitrogens with two attached hydrogens (primary N) is 1. The average Bonchev–Trinajstić information content (AvgIpc) is 3.35. The summed E-state index contributed by atoms with van der Waals surface area (Å²) in [5.41, 5.74) is 5.06. The quantitative estimate of drug-likeness (QED) is 0.102. The molecule has 3 aliphatic heterocycles. The maximum atomic E-state index is 12.9. The first-order chi connectivity index (χ1) is 18.2. The predicted octanol–water partition coefficient (Wildman–Crippen LogP) is -1.74. The van der Waals surface area contributed by atoms with Gasteiger partial charge in [-0.15, -0.1) is 11.8 Å². The van der Waals surface area contributed by atoms with Crippen LogP contribution in [-0.2, 0) is 19.2 Å². The molecular weight excluding hydrogens is 545 g/mol. The molecule has 0 bridgehead atoms. The number of alkyl halides is 1. The molecule has 0 radical (unpaired) electrons. The standard InChI is InChI=1S/C19H24FN11O5S2/c1-29(19(22)30-4-2-23-3-5-30)24-6-9-7-37-16-11(15(33)31(16)12(9)17(34)35)25-14(32)10(27-36-8-20)13-26-18(21)38-28-13/h6,11,16,22-23H,2-5,7-8H2,1H3,(H,25,32)(H,34,35)(H2,21,26,28)/b22-19?,24-6+,27-10-/t11-,16?/m1/s1. The van der Waals surface area contributed by atoms with Crippen LogP contribution in [0.2, 0.25) is 0 Å². The number of hydrogen-bond donors (Lipinski definition) is 5. The van der Waals surface area contributed by atoms with E-state index in [1.54, 1.807) is 7.05 Å². The minimum Gasteiger partial charge on any atom is -0.477 e. The van der Waals surface area contributed by atoms with Crippen LogP contribution in [0.15, 0.2) is 21.5 Å². The number of carboxylic acids is 1. The summed E-state index contributed by atoms with van der Waals surface area (Å²) in [5, 5.41) is 32.1. The number of halogens is 1. The second kappa shape index (κ2) is 11.7. The molecule has 1 aromatic heterocycles. The Labute approximate surface area is 223 Å². The Morgan fingerprint density at radius 1 is 1.45 bits per heavy atom. The van der Waals surface area contributed by atoms with E-state index >= 15 is 0 Å². The van der Waals surface area contributed by atoms with Crippen LogP contribution in [0.5, 0.6) is 0 Å². The van der Waals surface area contributed by atoms with Gasteiger partial charge in [-0.05, 0) is 0 Å². The van der Waals surface area contributed by atoms with E-state index < -0.39 is 41.8 Å². The third kappa shape index (κ3) is 5.53. The Kier molecular flexibility index (Phi) is 8.37. The SMILES string of the molecule is CN(/N=C/C1=C(C(=O)O)N2C(=O)[C@@H](NC(=O)/C(=N\OCF)c3nsc(N)n3)C2SC1)C(=N)N1CCNCC1. The zero-order valence-electron chi connectivity index (χ0n) is 20.0. The molecule has 0 aromatic carbocycles. The summed E-state index contributed by atoms with van der Waals surface area (Å²) in [6.07, 6.45) is 1.32. The maximum absolute atomic E-state index is 12.9. The van der Waals surface area contributed by atoms with E-state index in [9.17, 15) is 23.9 Å². The molecule has 2 amide bonds. The van der Waals surface area contributed by atoms with Crippen LogP contribution in [0.25, 0.3) is 0 Å². The van der Waals surface area contributed by atoms with E-state index in [1.807, 2.05) is 4.90 Å². The molecule has 0 saturated carbocycles. The molecule has 19 heteroatoms. The molecule has 1 unspecified atom stereocenters. The number of thioether (sulfide) groups is 1. The number of guanidine groups is 1. The minimum absolute atomic E-state index is 0.0358. The molecular formula is C19H24FN11O5S2. The van der Waals surface area contributed by atoms with Gasteiger partial charge in [-0.3, -0.25) is 19.9 Å². The lowest BCUT2D eigenvalue weighted by Crippen LogP contribution is -2.71. The Hall–Kier alpha value is -3.84. The number of oxime groups is 1. The first-order valence-corrected chi connectivity index (χ1v) is 12.9. The van der Waals surface area contributed by atoms with E-state index in [-0.39, 0.29) is 33.9 Å². The van der Waals surface area contributed by atoms with Gasteiger partial charge in [0.2, 0.25) is 17.5 Å². The number of nitrogens with zero attached hydrogens (tertiary/aromatic N) is 7. The second-order valence-corrected chi connectivity index (χ2v) is 9.89. The molecule has 16 nitrogen and oxygen atoms in total. The number of nitrogens with one attached hydrogen (secondary N) is 3. The van der Waals surface area contributed by atoms with Gasteiger partial charge in [0.15, 0.2) is 5.13 Å². The fourth-order valence-corrected chi connectivity index (χ4v) is 5.58. The Balaban J connectivity index is 1.47. The van der Waals surface area contributed by atoms with Crippen molar-refractivity contribution >= 4 is 64.1 Å². The molecule has 2 fully saturated rings. The molecule has 0 spiro atoms. The van der Waals surface area contributed by atoms with Crippen molar-refractivity contribution in [2.45, 2.75) is 11.4 Å². The van der Waals surface area contributed by atoms with Crippen molar-refractivity contribution in [1.29, 1.82) is 5.41 Å². The summed E-state index contributed by atoms with van der Waals surface area (Å²) < 4.78 is 16.3. The Morgan fingerprint density at radius 2 is 2.18 bits per heavy atom. The summed E-state index contributed by atoms with van der Waals surface area (Å²) in [5.74, 6) is -2.80. The van der Waals surface area contributed by atoms with Crippen LogP contribution < -0.4 is 16.4 Å². The number of aliphatic carboxylic acids is 1. The smallest absolute Gasteiger partial charge is 0.353 e. The number of rotatable bonds is 8. The summed E-state index contributed by atoms with van der Waals surface area (Å²) in [4.78, 5) is 48.9. The van der Waals surface area contributed by atoms with Gasteiger partial charge < -0.3 is 31.2 Å². The second-order valence-electron chi connectivity index (χ2n) is 8.00. The number of carbonyl (C=O) groups is 3. The molecule has 0 aliphatic carbocycles. The fraction of sp³-hybridized carbons (Fsp3) is 0.474. The van der Waals surface area contributed by atoms with Gasteiger partial charge in [-0.2, -0.15) is 14.5 Å². The highest BCUT2D eigenvalue weighted by molar-refractivity contribution is 8.00. The first-order valence-electron chi connectivity index (χ1n) is 11.1. The number of anilines is 1. The lowest BCUT2D eigenvalue weighted by Gasteiger charge is -2.49. The average molecular weight is 570 g/mol. The lowest BCUT2D eigenvalue weighted by molar-refractivity contribution is -0.150. The number of hydrazone groups is 1. The number of piperazine rings is 1. The zero-order valence-corrected chi connectivity index (χ0v) is 21.6. The van der Waals surface area contributed by atoms with Gasteiger partial charge in [0, 0.05) is 56.1 Å². The van der Waals surface area contributed by atoms with Crippen LogP contribution >= 0.6 is 23.3 Å². The number of aromatic nitrogens is 2. The van der Waals surface area contributed by atoms with Crippen molar-refractivity contribution in [2.75, 3.05) is 51.6 Å². The highest BCUT2D eigenvalue weighted by Crippen LogP contribution is 2.40. The van der Waals surface area contributed by atoms with Crippen molar-refractivity contribution in [3.05, 3.63) is 17.1 Å². The monoisotopic (exact) mass is 569 g/mol. The maximum Gasteiger partial charge on any atom is 0.353 e. The van der Waals surface area contributed by atoms with Gasteiger partial charge >= 0.3 is 5.97 Å². The molecule has 4 heterocycles. The number of fused-ring (bicyclic) bond motifs is 1. The van der Waals surface area contributed by atoms with Gasteiger partial charge in [-0.25, -0.2) is 14.2 Å². The van der Waals surface area contributed by atoms with Crippen molar-refractivity contribution in [1.82, 2.24) is 34.8 Å². The predicted molar refractivity (Wildman–Crippen MR) is 136 cm³/mol. The van der Waals surface area contributed by atoms with Crippen LogP contribution in [0.3, 0.4) is 0 Å². The number of β-lactam (4-membered cyclic amide) rings is 1. The van der Waals surface area contributed by atoms with Gasteiger partial charge in [0.25, 0.3) is 18.7 Å². The topological polar surface area (TPSA) is 215 Å². The third-order valence-corrected chi connectivity index (χ3v) is 7.51. The van der Waals surface area contributed by atoms with Crippen LogP contribution in [-0.4, -0.2) is 122 Å². The molecule has 2 atom stereocenters. The zero-order chi connectivity index (χ0) is 27.4. The van der Waals surface area contributed by atoms with Crippen molar-refractivity contribution in [2.24, 2.45) is 10.3 Å². The number of amides is 2. The largest absolute Gasteiger partial charge is 0.477 e. The normalized spacial score (nSPS) is 21.7. The van der Waals surface area contributed by atoms with Gasteiger partial charge in [-0.1, -0.05) is 5.16 Å². The van der Waals surface area contributed by atoms with E-state index in [4.69, 9.17) is 11.1 Å².